The molecule has 2 fully saturated rings. The summed E-state index contributed by atoms with van der Waals surface area (Å²) in [6.07, 6.45) is 3.39. The molecule has 0 spiro atoms. The summed E-state index contributed by atoms with van der Waals surface area (Å²) in [5.74, 6) is 0.649. The third-order valence-electron chi connectivity index (χ3n) is 4.52. The molecule has 0 atom stereocenters. The lowest BCUT2D eigenvalue weighted by Gasteiger charge is -2.37. The number of halogens is 1. The zero-order chi connectivity index (χ0) is 19.4. The van der Waals surface area contributed by atoms with Crippen LogP contribution in [0.5, 0.6) is 5.88 Å². The van der Waals surface area contributed by atoms with Gasteiger partial charge in [0.2, 0.25) is 5.88 Å². The summed E-state index contributed by atoms with van der Waals surface area (Å²) in [5, 5.41) is 0. The normalized spacial score (nSPS) is 19.1. The van der Waals surface area contributed by atoms with Gasteiger partial charge in [-0.25, -0.2) is 9.78 Å². The zero-order valence-corrected chi connectivity index (χ0v) is 17.8. The molecule has 7 nitrogen and oxygen atoms in total. The molecule has 0 aliphatic carbocycles. The molecule has 2 aliphatic heterocycles. The molecule has 2 aliphatic rings. The fourth-order valence-corrected chi connectivity index (χ4v) is 3.46. The van der Waals surface area contributed by atoms with Crippen LogP contribution in [0.3, 0.4) is 0 Å². The van der Waals surface area contributed by atoms with Crippen molar-refractivity contribution in [1.29, 1.82) is 0 Å². The summed E-state index contributed by atoms with van der Waals surface area (Å²) < 4.78 is 18.0. The highest BCUT2D eigenvalue weighted by molar-refractivity contribution is 9.10. The molecular formula is C19H28BrN3O4. The second-order valence-electron chi connectivity index (χ2n) is 7.86. The summed E-state index contributed by atoms with van der Waals surface area (Å²) in [6.45, 7) is 9.74. The molecule has 1 aromatic heterocycles. The van der Waals surface area contributed by atoms with Crippen molar-refractivity contribution in [2.75, 3.05) is 44.3 Å². The molecule has 1 aromatic rings. The highest BCUT2D eigenvalue weighted by Gasteiger charge is 2.28. The van der Waals surface area contributed by atoms with Gasteiger partial charge in [-0.1, -0.05) is 0 Å². The van der Waals surface area contributed by atoms with Crippen molar-refractivity contribution in [3.05, 3.63) is 16.7 Å². The minimum absolute atomic E-state index is 0.134. The maximum atomic E-state index is 12.3. The van der Waals surface area contributed by atoms with Crippen LogP contribution >= 0.6 is 15.9 Å². The Balaban J connectivity index is 1.64. The first-order valence-corrected chi connectivity index (χ1v) is 10.2. The molecule has 0 bridgehead atoms. The van der Waals surface area contributed by atoms with Gasteiger partial charge in [0.05, 0.1) is 13.2 Å². The van der Waals surface area contributed by atoms with Gasteiger partial charge >= 0.3 is 6.09 Å². The van der Waals surface area contributed by atoms with E-state index < -0.39 is 5.60 Å². The van der Waals surface area contributed by atoms with Gasteiger partial charge in [0.15, 0.2) is 0 Å². The summed E-state index contributed by atoms with van der Waals surface area (Å²) >= 11 is 3.51. The third-order valence-corrected chi connectivity index (χ3v) is 4.95. The van der Waals surface area contributed by atoms with Crippen LogP contribution in [0.1, 0.15) is 33.6 Å². The lowest BCUT2D eigenvalue weighted by molar-refractivity contribution is 0.0232. The number of carbonyl (C=O) groups excluding carboxylic acids is 1. The fourth-order valence-electron chi connectivity index (χ4n) is 3.14. The predicted octanol–water partition coefficient (Wildman–Crippen LogP) is 3.46. The Bertz CT molecular complexity index is 651. The monoisotopic (exact) mass is 441 g/mol. The molecule has 150 valence electrons. The van der Waals surface area contributed by atoms with E-state index in [1.165, 1.54) is 0 Å². The SMILES string of the molecule is CC(C)(C)OC(=O)N1CCN(c2cc(Br)cnc2OC2CCOCC2)CC1. The van der Waals surface area contributed by atoms with E-state index in [0.717, 1.165) is 36.2 Å². The third kappa shape index (κ3) is 5.72. The molecule has 1 amide bonds. The Hall–Kier alpha value is -1.54. The van der Waals surface area contributed by atoms with E-state index in [4.69, 9.17) is 14.2 Å². The topological polar surface area (TPSA) is 64.1 Å². The Morgan fingerprint density at radius 1 is 1.22 bits per heavy atom. The highest BCUT2D eigenvalue weighted by Crippen LogP contribution is 2.32. The number of amides is 1. The van der Waals surface area contributed by atoms with Gasteiger partial charge in [0.1, 0.15) is 17.4 Å². The van der Waals surface area contributed by atoms with Gasteiger partial charge in [0, 0.05) is 49.7 Å². The predicted molar refractivity (Wildman–Crippen MR) is 106 cm³/mol. The number of piperazine rings is 1. The Morgan fingerprint density at radius 2 is 1.89 bits per heavy atom. The maximum Gasteiger partial charge on any atom is 0.410 e. The van der Waals surface area contributed by atoms with E-state index in [1.54, 1.807) is 11.1 Å². The summed E-state index contributed by atoms with van der Waals surface area (Å²) in [4.78, 5) is 20.7. The van der Waals surface area contributed by atoms with Crippen LogP contribution in [0.2, 0.25) is 0 Å². The molecule has 8 heteroatoms. The van der Waals surface area contributed by atoms with Gasteiger partial charge < -0.3 is 24.0 Å². The Labute approximate surface area is 169 Å². The molecule has 27 heavy (non-hydrogen) atoms. The van der Waals surface area contributed by atoms with Gasteiger partial charge in [-0.3, -0.25) is 0 Å². The van der Waals surface area contributed by atoms with E-state index in [-0.39, 0.29) is 12.2 Å². The molecule has 0 unspecified atom stereocenters. The number of ether oxygens (including phenoxy) is 3. The van der Waals surface area contributed by atoms with Crippen LogP contribution in [0.4, 0.5) is 10.5 Å². The first-order chi connectivity index (χ1) is 12.8. The smallest absolute Gasteiger partial charge is 0.410 e. The van der Waals surface area contributed by atoms with Crippen molar-refractivity contribution in [2.45, 2.75) is 45.3 Å². The zero-order valence-electron chi connectivity index (χ0n) is 16.2. The van der Waals surface area contributed by atoms with Crippen molar-refractivity contribution in [2.24, 2.45) is 0 Å². The Kier molecular flexibility index (Phi) is 6.47. The van der Waals surface area contributed by atoms with E-state index in [1.807, 2.05) is 26.8 Å². The number of hydrogen-bond acceptors (Lipinski definition) is 6. The number of hydrogen-bond donors (Lipinski definition) is 0. The molecule has 2 saturated heterocycles. The van der Waals surface area contributed by atoms with E-state index >= 15 is 0 Å². The van der Waals surface area contributed by atoms with E-state index in [2.05, 4.69) is 25.8 Å². The lowest BCUT2D eigenvalue weighted by Crippen LogP contribution is -2.50. The van der Waals surface area contributed by atoms with Crippen LogP contribution in [-0.4, -0.2) is 67.1 Å². The van der Waals surface area contributed by atoms with Crippen molar-refractivity contribution in [3.63, 3.8) is 0 Å². The summed E-state index contributed by atoms with van der Waals surface area (Å²) in [7, 11) is 0. The number of carbonyl (C=O) groups is 1. The number of anilines is 1. The molecule has 0 radical (unpaired) electrons. The van der Waals surface area contributed by atoms with Crippen molar-refractivity contribution in [3.8, 4) is 5.88 Å². The average Bonchev–Trinajstić information content (AvgIpc) is 2.63. The highest BCUT2D eigenvalue weighted by atomic mass is 79.9. The molecule has 3 heterocycles. The lowest BCUT2D eigenvalue weighted by atomic mass is 10.1. The van der Waals surface area contributed by atoms with Crippen LogP contribution in [0.25, 0.3) is 0 Å². The average molecular weight is 442 g/mol. The van der Waals surface area contributed by atoms with Gasteiger partial charge in [-0.15, -0.1) is 0 Å². The standard InChI is InChI=1S/C19H28BrN3O4/c1-19(2,3)27-18(24)23-8-6-22(7-9-23)16-12-14(20)13-21-17(16)26-15-4-10-25-11-5-15/h12-13,15H,4-11H2,1-3H3. The van der Waals surface area contributed by atoms with Crippen molar-refractivity contribution in [1.82, 2.24) is 9.88 Å². The molecular weight excluding hydrogens is 414 g/mol. The summed E-state index contributed by atoms with van der Waals surface area (Å²) in [6, 6.07) is 2.03. The summed E-state index contributed by atoms with van der Waals surface area (Å²) in [5.41, 5.74) is 0.479. The van der Waals surface area contributed by atoms with E-state index in [9.17, 15) is 4.79 Å². The first kappa shape index (κ1) is 20.2. The largest absolute Gasteiger partial charge is 0.473 e. The van der Waals surface area contributed by atoms with E-state index in [0.29, 0.717) is 32.1 Å². The Morgan fingerprint density at radius 3 is 2.52 bits per heavy atom. The van der Waals surface area contributed by atoms with Crippen LogP contribution in [0, 0.1) is 0 Å². The van der Waals surface area contributed by atoms with Gasteiger partial charge in [-0.05, 0) is 42.8 Å². The van der Waals surface area contributed by atoms with Gasteiger partial charge in [0.25, 0.3) is 0 Å². The molecule has 3 rings (SSSR count). The number of pyridine rings is 1. The minimum atomic E-state index is -0.479. The maximum absolute atomic E-state index is 12.3. The van der Waals surface area contributed by atoms with Crippen molar-refractivity contribution >= 4 is 27.7 Å². The molecule has 0 saturated carbocycles. The minimum Gasteiger partial charge on any atom is -0.473 e. The quantitative estimate of drug-likeness (QED) is 0.715. The fraction of sp³-hybridized carbons (Fsp3) is 0.684. The van der Waals surface area contributed by atoms with Gasteiger partial charge in [-0.2, -0.15) is 0 Å². The molecule has 0 N–H and O–H groups in total. The van der Waals surface area contributed by atoms with Crippen molar-refractivity contribution < 1.29 is 19.0 Å². The number of aromatic nitrogens is 1. The first-order valence-electron chi connectivity index (χ1n) is 9.44. The number of rotatable bonds is 3. The van der Waals surface area contributed by atoms with Crippen LogP contribution in [0.15, 0.2) is 16.7 Å². The number of nitrogens with zero attached hydrogens (tertiary/aromatic N) is 3. The molecule has 0 aromatic carbocycles. The van der Waals surface area contributed by atoms with Crippen LogP contribution < -0.4 is 9.64 Å². The second-order valence-corrected chi connectivity index (χ2v) is 8.78. The second kappa shape index (κ2) is 8.65. The van der Waals surface area contributed by atoms with Crippen LogP contribution in [-0.2, 0) is 9.47 Å².